The Hall–Kier alpha value is -2.03. The third kappa shape index (κ3) is 3.89. The number of halogens is 2. The molecule has 2 rings (SSSR count). The van der Waals surface area contributed by atoms with Crippen LogP contribution in [-0.2, 0) is 4.79 Å². The number of phenols is 2. The lowest BCUT2D eigenvalue weighted by atomic mass is 10.1. The highest BCUT2D eigenvalue weighted by Crippen LogP contribution is 2.42. The Labute approximate surface area is 155 Å². The number of para-hydroxylation sites is 1. The van der Waals surface area contributed by atoms with Crippen molar-refractivity contribution < 1.29 is 15.0 Å². The van der Waals surface area contributed by atoms with Gasteiger partial charge in [-0.15, -0.1) is 0 Å². The molecule has 0 radical (unpaired) electrons. The van der Waals surface area contributed by atoms with Crippen LogP contribution in [-0.4, -0.2) is 16.1 Å². The molecule has 0 bridgehead atoms. The van der Waals surface area contributed by atoms with Gasteiger partial charge in [0.15, 0.2) is 0 Å². The smallest absolute Gasteiger partial charge is 0.281 e. The molecule has 0 heterocycles. The van der Waals surface area contributed by atoms with E-state index in [0.29, 0.717) is 10.0 Å². The van der Waals surface area contributed by atoms with Crippen molar-refractivity contribution in [3.05, 3.63) is 56.1 Å². The van der Waals surface area contributed by atoms with Gasteiger partial charge in [-0.2, -0.15) is 0 Å². The summed E-state index contributed by atoms with van der Waals surface area (Å²) in [5.41, 5.74) is 4.16. The van der Waals surface area contributed by atoms with E-state index in [1.165, 1.54) is 12.1 Å². The predicted octanol–water partition coefficient (Wildman–Crippen LogP) is 3.37. The van der Waals surface area contributed by atoms with Crippen LogP contribution in [0.4, 0.5) is 5.69 Å². The Morgan fingerprint density at radius 1 is 1.21 bits per heavy atom. The molecule has 0 aromatic heterocycles. The van der Waals surface area contributed by atoms with Crippen LogP contribution in [0.15, 0.2) is 45.0 Å². The van der Waals surface area contributed by atoms with E-state index in [1.54, 1.807) is 0 Å². The largest absolute Gasteiger partial charge is 0.506 e. The molecular weight excluding hydrogens is 442 g/mol. The van der Waals surface area contributed by atoms with Crippen LogP contribution in [0.25, 0.3) is 6.08 Å². The Kier molecular flexibility index (Phi) is 5.87. The number of carbonyl (C=O) groups excluding carboxylic acids is 1. The lowest BCUT2D eigenvalue weighted by molar-refractivity contribution is -0.117. The summed E-state index contributed by atoms with van der Waals surface area (Å²) >= 11 is 6.29. The van der Waals surface area contributed by atoms with E-state index >= 15 is 0 Å². The molecule has 0 saturated carbocycles. The molecule has 126 valence electrons. The monoisotopic (exact) mass is 455 g/mol. The maximum absolute atomic E-state index is 12.1. The average molecular weight is 457 g/mol. The number of hydrogen-bond donors (Lipinski definition) is 5. The normalized spacial score (nSPS) is 11.2. The second-order valence-electron chi connectivity index (χ2n) is 4.93. The first kappa shape index (κ1) is 18.3. The molecule has 0 aliphatic rings. The molecule has 8 heteroatoms. The maximum atomic E-state index is 12.1. The van der Waals surface area contributed by atoms with Gasteiger partial charge in [0.1, 0.15) is 21.7 Å². The van der Waals surface area contributed by atoms with E-state index in [0.717, 1.165) is 11.3 Å². The number of amides is 1. The fraction of sp³-hybridized carbons (Fsp3) is 0.0625. The number of hydrogen-bond acceptors (Lipinski definition) is 5. The number of nitrogens with two attached hydrogens (primary N) is 1. The Morgan fingerprint density at radius 3 is 2.50 bits per heavy atom. The number of phenolic OH excluding ortho intramolecular Hbond substituents is 2. The zero-order valence-corrected chi connectivity index (χ0v) is 15.8. The molecule has 0 aliphatic heterocycles. The summed E-state index contributed by atoms with van der Waals surface area (Å²) in [6, 6.07) is 8.91. The van der Waals surface area contributed by atoms with Gasteiger partial charge in [-0.25, -0.2) is 5.84 Å². The van der Waals surface area contributed by atoms with Crippen molar-refractivity contribution in [2.24, 2.45) is 5.84 Å². The molecule has 24 heavy (non-hydrogen) atoms. The van der Waals surface area contributed by atoms with Gasteiger partial charge in [0.2, 0.25) is 0 Å². The fourth-order valence-corrected chi connectivity index (χ4v) is 3.13. The van der Waals surface area contributed by atoms with Crippen LogP contribution in [0.5, 0.6) is 11.5 Å². The summed E-state index contributed by atoms with van der Waals surface area (Å²) in [5.74, 6) is 4.34. The minimum atomic E-state index is -0.557. The van der Waals surface area contributed by atoms with Crippen molar-refractivity contribution in [1.82, 2.24) is 5.43 Å². The van der Waals surface area contributed by atoms with Crippen LogP contribution in [0, 0.1) is 6.92 Å². The number of aryl methyl sites for hydroxylation is 1. The number of aromatic hydroxyl groups is 2. The Bertz CT molecular complexity index is 822. The molecule has 0 unspecified atom stereocenters. The van der Waals surface area contributed by atoms with Crippen LogP contribution >= 0.6 is 31.9 Å². The maximum Gasteiger partial charge on any atom is 0.281 e. The number of hydrazine groups is 1. The molecule has 1 amide bonds. The summed E-state index contributed by atoms with van der Waals surface area (Å²) in [7, 11) is 0. The van der Waals surface area contributed by atoms with Gasteiger partial charge in [0.25, 0.3) is 5.91 Å². The molecule has 0 fully saturated rings. The van der Waals surface area contributed by atoms with Crippen LogP contribution in [0.2, 0.25) is 0 Å². The summed E-state index contributed by atoms with van der Waals surface area (Å²) < 4.78 is 0.480. The quantitative estimate of drug-likeness (QED) is 0.210. The zero-order valence-electron chi connectivity index (χ0n) is 12.6. The molecule has 0 spiro atoms. The average Bonchev–Trinajstić information content (AvgIpc) is 2.58. The van der Waals surface area contributed by atoms with Crippen molar-refractivity contribution in [3.8, 4) is 11.5 Å². The molecule has 6 N–H and O–H groups in total. The highest BCUT2D eigenvalue weighted by atomic mass is 79.9. The van der Waals surface area contributed by atoms with Gasteiger partial charge in [-0.3, -0.25) is 10.2 Å². The van der Waals surface area contributed by atoms with Crippen molar-refractivity contribution in [1.29, 1.82) is 0 Å². The summed E-state index contributed by atoms with van der Waals surface area (Å²) in [5, 5.41) is 22.9. The van der Waals surface area contributed by atoms with Gasteiger partial charge >= 0.3 is 0 Å². The zero-order chi connectivity index (χ0) is 17.9. The van der Waals surface area contributed by atoms with Crippen molar-refractivity contribution >= 4 is 49.5 Å². The van der Waals surface area contributed by atoms with E-state index in [4.69, 9.17) is 5.84 Å². The lowest BCUT2D eigenvalue weighted by Gasteiger charge is -2.13. The minimum Gasteiger partial charge on any atom is -0.506 e. The molecule has 0 atom stereocenters. The summed E-state index contributed by atoms with van der Waals surface area (Å²) in [4.78, 5) is 12.1. The first-order valence-electron chi connectivity index (χ1n) is 6.80. The molecule has 0 aliphatic carbocycles. The topological polar surface area (TPSA) is 108 Å². The number of anilines is 1. The molecule has 2 aromatic carbocycles. The van der Waals surface area contributed by atoms with Crippen molar-refractivity contribution in [3.63, 3.8) is 0 Å². The molecule has 0 saturated heterocycles. The summed E-state index contributed by atoms with van der Waals surface area (Å²) in [6.45, 7) is 1.89. The van der Waals surface area contributed by atoms with Crippen molar-refractivity contribution in [2.75, 3.05) is 5.32 Å². The number of benzene rings is 2. The van der Waals surface area contributed by atoms with Gasteiger partial charge in [-0.1, -0.05) is 18.2 Å². The van der Waals surface area contributed by atoms with Gasteiger partial charge in [0, 0.05) is 11.3 Å². The first-order valence-corrected chi connectivity index (χ1v) is 8.39. The predicted molar refractivity (Wildman–Crippen MR) is 100 cm³/mol. The van der Waals surface area contributed by atoms with E-state index in [9.17, 15) is 15.0 Å². The lowest BCUT2D eigenvalue weighted by Crippen LogP contribution is -2.33. The highest BCUT2D eigenvalue weighted by molar-refractivity contribution is 9.11. The highest BCUT2D eigenvalue weighted by Gasteiger charge is 2.16. The second-order valence-corrected chi connectivity index (χ2v) is 6.58. The Morgan fingerprint density at radius 2 is 1.88 bits per heavy atom. The van der Waals surface area contributed by atoms with Crippen LogP contribution in [0.1, 0.15) is 11.1 Å². The number of carbonyl (C=O) groups is 1. The molecular formula is C16H15Br2N3O3. The van der Waals surface area contributed by atoms with E-state index in [1.807, 2.05) is 31.2 Å². The SMILES string of the molecule is Cc1ccccc1N/C(=C/c1cc(Br)c(O)c(Br)c1O)C(=O)NN. The first-order chi connectivity index (χ1) is 11.3. The van der Waals surface area contributed by atoms with Gasteiger partial charge in [-0.05, 0) is 62.6 Å². The van der Waals surface area contributed by atoms with E-state index in [-0.39, 0.29) is 21.7 Å². The standard InChI is InChI=1S/C16H15Br2N3O3/c1-8-4-2-3-5-11(8)20-12(16(24)21-19)7-9-6-10(17)15(23)13(18)14(9)22/h2-7,20,22-23H,19H2,1H3,(H,21,24)/b12-7+. The van der Waals surface area contributed by atoms with E-state index in [2.05, 4.69) is 42.6 Å². The Balaban J connectivity index is 2.51. The minimum absolute atomic E-state index is 0.117. The second kappa shape index (κ2) is 7.69. The van der Waals surface area contributed by atoms with E-state index < -0.39 is 5.91 Å². The third-order valence-corrected chi connectivity index (χ3v) is 4.64. The summed E-state index contributed by atoms with van der Waals surface area (Å²) in [6.07, 6.45) is 1.43. The van der Waals surface area contributed by atoms with Gasteiger partial charge in [0.05, 0.1) is 4.47 Å². The van der Waals surface area contributed by atoms with Crippen molar-refractivity contribution in [2.45, 2.75) is 6.92 Å². The number of rotatable bonds is 4. The van der Waals surface area contributed by atoms with Crippen LogP contribution < -0.4 is 16.6 Å². The third-order valence-electron chi connectivity index (χ3n) is 3.29. The van der Waals surface area contributed by atoms with Crippen LogP contribution in [0.3, 0.4) is 0 Å². The molecule has 6 nitrogen and oxygen atoms in total. The fourth-order valence-electron chi connectivity index (χ4n) is 1.98. The number of nitrogens with one attached hydrogen (secondary N) is 2. The van der Waals surface area contributed by atoms with Gasteiger partial charge < -0.3 is 15.5 Å². The molecule has 2 aromatic rings.